The number of halogens is 2. The largest absolute Gasteiger partial charge is 0.272 e. The van der Waals surface area contributed by atoms with E-state index in [1.165, 1.54) is 18.1 Å². The molecule has 21 heavy (non-hydrogen) atoms. The van der Waals surface area contributed by atoms with Gasteiger partial charge >= 0.3 is 0 Å². The van der Waals surface area contributed by atoms with Crippen LogP contribution in [0, 0.1) is 16.7 Å². The van der Waals surface area contributed by atoms with Gasteiger partial charge in [0.2, 0.25) is 0 Å². The second kappa shape index (κ2) is 4.74. The van der Waals surface area contributed by atoms with Crippen LogP contribution in [-0.4, -0.2) is 40.4 Å². The first kappa shape index (κ1) is 13.9. The number of nitriles is 1. The number of carbonyl (C=O) groups is 1. The Morgan fingerprint density at radius 1 is 1.52 bits per heavy atom. The van der Waals surface area contributed by atoms with E-state index in [1.807, 2.05) is 6.07 Å². The van der Waals surface area contributed by atoms with Crippen LogP contribution >= 0.6 is 0 Å². The number of pyridine rings is 1. The van der Waals surface area contributed by atoms with Crippen molar-refractivity contribution in [1.82, 2.24) is 15.0 Å². The third kappa shape index (κ3) is 1.98. The molecule has 2 aliphatic rings. The van der Waals surface area contributed by atoms with Crippen LogP contribution in [0.4, 0.5) is 8.78 Å². The molecule has 0 aromatic carbocycles. The van der Waals surface area contributed by atoms with E-state index in [2.05, 4.69) is 4.98 Å². The van der Waals surface area contributed by atoms with Gasteiger partial charge in [-0.05, 0) is 25.0 Å². The van der Waals surface area contributed by atoms with E-state index in [-0.39, 0.29) is 12.6 Å². The zero-order valence-corrected chi connectivity index (χ0v) is 11.5. The maximum Gasteiger partial charge on any atom is 0.254 e. The third-order valence-electron chi connectivity index (χ3n) is 4.22. The lowest BCUT2D eigenvalue weighted by molar-refractivity contribution is -0.147. The lowest BCUT2D eigenvalue weighted by atomic mass is 9.90. The Bertz CT molecular complexity index is 630. The number of alkyl halides is 2. The quantitative estimate of drug-likeness (QED) is 0.833. The molecular weight excluding hydrogens is 278 g/mol. The van der Waals surface area contributed by atoms with Gasteiger partial charge in [0, 0.05) is 25.5 Å². The summed E-state index contributed by atoms with van der Waals surface area (Å²) in [6.45, 7) is 1.89. The van der Waals surface area contributed by atoms with E-state index in [0.29, 0.717) is 24.1 Å². The number of fused-ring (bicyclic) bond motifs is 1. The summed E-state index contributed by atoms with van der Waals surface area (Å²) in [4.78, 5) is 16.4. The molecule has 110 valence electrons. The van der Waals surface area contributed by atoms with Gasteiger partial charge in [-0.1, -0.05) is 0 Å². The van der Waals surface area contributed by atoms with Crippen molar-refractivity contribution in [2.24, 2.45) is 5.41 Å². The van der Waals surface area contributed by atoms with Crippen LogP contribution in [0.3, 0.4) is 0 Å². The molecule has 0 spiro atoms. The number of carbonyl (C=O) groups excluding carboxylic acids is 1. The van der Waals surface area contributed by atoms with E-state index in [1.54, 1.807) is 17.3 Å². The van der Waals surface area contributed by atoms with Crippen molar-refractivity contribution in [3.05, 3.63) is 29.6 Å². The highest BCUT2D eigenvalue weighted by molar-refractivity contribution is 5.85. The Balaban J connectivity index is 1.94. The molecular formula is C14H14F2N4O. The average Bonchev–Trinajstić information content (AvgIpc) is 2.99. The normalized spacial score (nSPS) is 29.0. The molecule has 1 aromatic heterocycles. The predicted molar refractivity (Wildman–Crippen MR) is 68.8 cm³/mol. The van der Waals surface area contributed by atoms with Crippen LogP contribution in [0.2, 0.25) is 0 Å². The van der Waals surface area contributed by atoms with Crippen molar-refractivity contribution in [3.63, 3.8) is 0 Å². The smallest absolute Gasteiger partial charge is 0.254 e. The van der Waals surface area contributed by atoms with Crippen LogP contribution in [0.15, 0.2) is 18.5 Å². The zero-order valence-electron chi connectivity index (χ0n) is 11.5. The highest BCUT2D eigenvalue weighted by Gasteiger charge is 2.57. The second-order valence-corrected chi connectivity index (χ2v) is 5.68. The molecule has 3 heterocycles. The number of hydrazine groups is 1. The minimum Gasteiger partial charge on any atom is -0.272 e. The lowest BCUT2D eigenvalue weighted by Gasteiger charge is -2.26. The number of aromatic nitrogens is 1. The third-order valence-corrected chi connectivity index (χ3v) is 4.22. The van der Waals surface area contributed by atoms with Gasteiger partial charge in [0.1, 0.15) is 11.5 Å². The maximum absolute atomic E-state index is 13.2. The van der Waals surface area contributed by atoms with Gasteiger partial charge in [0.05, 0.1) is 11.6 Å². The summed E-state index contributed by atoms with van der Waals surface area (Å²) in [5.41, 5.74) is -0.545. The second-order valence-electron chi connectivity index (χ2n) is 5.68. The van der Waals surface area contributed by atoms with Gasteiger partial charge in [-0.25, -0.2) is 13.8 Å². The van der Waals surface area contributed by atoms with Gasteiger partial charge < -0.3 is 0 Å². The Morgan fingerprint density at radius 2 is 2.29 bits per heavy atom. The molecule has 0 bridgehead atoms. The standard InChI is InChI=1S/C14H14F2N4O/c1-14(12(15)16)8-19-3-2-11(20(19)13(14)21)10-4-9(5-17)6-18-7-10/h4,6-7,11-12H,2-3,8H2,1H3/t11-,14-/m1/s1. The van der Waals surface area contributed by atoms with Crippen LogP contribution < -0.4 is 0 Å². The number of nitrogens with zero attached hydrogens (tertiary/aromatic N) is 4. The Kier molecular flexibility index (Phi) is 3.14. The topological polar surface area (TPSA) is 60.2 Å². The van der Waals surface area contributed by atoms with Crippen molar-refractivity contribution < 1.29 is 13.6 Å². The van der Waals surface area contributed by atoms with Crippen LogP contribution in [-0.2, 0) is 4.79 Å². The number of rotatable bonds is 2. The van der Waals surface area contributed by atoms with Crippen molar-refractivity contribution in [3.8, 4) is 6.07 Å². The minimum absolute atomic E-state index is 0.0331. The summed E-state index contributed by atoms with van der Waals surface area (Å²) >= 11 is 0. The molecule has 7 heteroatoms. The molecule has 2 fully saturated rings. The molecule has 0 aliphatic carbocycles. The summed E-state index contributed by atoms with van der Waals surface area (Å²) in [7, 11) is 0. The molecule has 1 amide bonds. The SMILES string of the molecule is C[C@]1(C(F)F)CN2CC[C@H](c3cncc(C#N)c3)N2C1=O. The van der Waals surface area contributed by atoms with Crippen LogP contribution in [0.1, 0.15) is 30.5 Å². The van der Waals surface area contributed by atoms with Crippen molar-refractivity contribution in [2.45, 2.75) is 25.8 Å². The molecule has 1 aromatic rings. The van der Waals surface area contributed by atoms with Gasteiger partial charge in [-0.2, -0.15) is 5.26 Å². The summed E-state index contributed by atoms with van der Waals surface area (Å²) in [6.07, 6.45) is 0.979. The van der Waals surface area contributed by atoms with E-state index in [4.69, 9.17) is 5.26 Å². The van der Waals surface area contributed by atoms with Gasteiger partial charge in [-0.3, -0.25) is 14.8 Å². The molecule has 2 aliphatic heterocycles. The monoisotopic (exact) mass is 292 g/mol. The zero-order chi connectivity index (χ0) is 15.2. The molecule has 0 saturated carbocycles. The number of hydrogen-bond donors (Lipinski definition) is 0. The molecule has 0 N–H and O–H groups in total. The van der Waals surface area contributed by atoms with E-state index in [9.17, 15) is 13.6 Å². The number of hydrogen-bond acceptors (Lipinski definition) is 4. The van der Waals surface area contributed by atoms with Gasteiger partial charge in [0.25, 0.3) is 12.3 Å². The average molecular weight is 292 g/mol. The summed E-state index contributed by atoms with van der Waals surface area (Å²) in [5.74, 6) is -0.553. The molecule has 2 saturated heterocycles. The van der Waals surface area contributed by atoms with Crippen LogP contribution in [0.5, 0.6) is 0 Å². The highest BCUT2D eigenvalue weighted by Crippen LogP contribution is 2.44. The Hall–Kier alpha value is -2.07. The van der Waals surface area contributed by atoms with Crippen molar-refractivity contribution in [2.75, 3.05) is 13.1 Å². The van der Waals surface area contributed by atoms with Gasteiger partial charge in [-0.15, -0.1) is 0 Å². The number of amides is 1. The van der Waals surface area contributed by atoms with Crippen LogP contribution in [0.25, 0.3) is 0 Å². The van der Waals surface area contributed by atoms with Crippen molar-refractivity contribution in [1.29, 1.82) is 5.26 Å². The first-order valence-electron chi connectivity index (χ1n) is 6.69. The highest BCUT2D eigenvalue weighted by atomic mass is 19.3. The molecule has 5 nitrogen and oxygen atoms in total. The predicted octanol–water partition coefficient (Wildman–Crippen LogP) is 1.73. The fourth-order valence-electron chi connectivity index (χ4n) is 3.00. The molecule has 0 radical (unpaired) electrons. The fourth-order valence-corrected chi connectivity index (χ4v) is 3.00. The molecule has 3 rings (SSSR count). The van der Waals surface area contributed by atoms with E-state index in [0.717, 1.165) is 0 Å². The van der Waals surface area contributed by atoms with E-state index >= 15 is 0 Å². The van der Waals surface area contributed by atoms with E-state index < -0.39 is 17.7 Å². The first-order chi connectivity index (χ1) is 9.97. The lowest BCUT2D eigenvalue weighted by Crippen LogP contribution is -2.39. The summed E-state index contributed by atoms with van der Waals surface area (Å²) < 4.78 is 26.4. The first-order valence-corrected chi connectivity index (χ1v) is 6.69. The van der Waals surface area contributed by atoms with Crippen molar-refractivity contribution >= 4 is 5.91 Å². The fraction of sp³-hybridized carbons (Fsp3) is 0.500. The summed E-state index contributed by atoms with van der Waals surface area (Å²) in [6, 6.07) is 3.34. The van der Waals surface area contributed by atoms with Gasteiger partial charge in [0.15, 0.2) is 0 Å². The molecule has 2 atom stereocenters. The minimum atomic E-state index is -2.69. The summed E-state index contributed by atoms with van der Waals surface area (Å²) in [5, 5.41) is 12.0. The Morgan fingerprint density at radius 3 is 2.95 bits per heavy atom. The molecule has 0 unspecified atom stereocenters. The maximum atomic E-state index is 13.2. The Labute approximate surface area is 120 Å².